The van der Waals surface area contributed by atoms with Crippen molar-refractivity contribution in [2.24, 2.45) is 16.7 Å². The third kappa shape index (κ3) is 3.08. The van der Waals surface area contributed by atoms with Crippen molar-refractivity contribution < 1.29 is 19.4 Å². The van der Waals surface area contributed by atoms with Gasteiger partial charge in [0.25, 0.3) is 0 Å². The molecule has 1 saturated carbocycles. The van der Waals surface area contributed by atoms with E-state index in [1.807, 2.05) is 6.07 Å². The molecule has 0 radical (unpaired) electrons. The first-order valence-electron chi connectivity index (χ1n) is 7.37. The van der Waals surface area contributed by atoms with Gasteiger partial charge in [-0.15, -0.1) is 0 Å². The Labute approximate surface area is 130 Å². The number of hydrogen-bond donors (Lipinski definition) is 2. The Bertz CT molecular complexity index is 578. The Morgan fingerprint density at radius 1 is 1.23 bits per heavy atom. The number of hydrogen-bond acceptors (Lipinski definition) is 3. The highest BCUT2D eigenvalue weighted by atomic mass is 16.5. The first-order valence-corrected chi connectivity index (χ1v) is 7.37. The van der Waals surface area contributed by atoms with Gasteiger partial charge in [-0.2, -0.15) is 0 Å². The van der Waals surface area contributed by atoms with Gasteiger partial charge in [-0.3, -0.25) is 4.79 Å². The van der Waals surface area contributed by atoms with Gasteiger partial charge in [-0.1, -0.05) is 39.8 Å². The van der Waals surface area contributed by atoms with Crippen LogP contribution in [0, 0.1) is 16.7 Å². The molecule has 0 bridgehead atoms. The molecule has 5 heteroatoms. The highest BCUT2D eigenvalue weighted by Crippen LogP contribution is 2.68. The Morgan fingerprint density at radius 2 is 1.86 bits per heavy atom. The zero-order chi connectivity index (χ0) is 16.5. The molecule has 0 saturated heterocycles. The van der Waals surface area contributed by atoms with Gasteiger partial charge in [0, 0.05) is 12.5 Å². The molecule has 22 heavy (non-hydrogen) atoms. The minimum atomic E-state index is -1.02. The smallest absolute Gasteiger partial charge is 0.341 e. The summed E-state index contributed by atoms with van der Waals surface area (Å²) in [5, 5.41) is 11.6. The fourth-order valence-corrected chi connectivity index (χ4v) is 3.03. The van der Waals surface area contributed by atoms with Crippen molar-refractivity contribution in [3.63, 3.8) is 0 Å². The highest BCUT2D eigenvalue weighted by molar-refractivity contribution is 5.84. The third-order valence-electron chi connectivity index (χ3n) is 5.01. The van der Waals surface area contributed by atoms with Gasteiger partial charge in [0.15, 0.2) is 6.61 Å². The molecule has 0 heterocycles. The van der Waals surface area contributed by atoms with Gasteiger partial charge in [0.2, 0.25) is 5.91 Å². The lowest BCUT2D eigenvalue weighted by molar-refractivity contribution is -0.139. The van der Waals surface area contributed by atoms with E-state index in [4.69, 9.17) is 9.84 Å². The Morgan fingerprint density at radius 3 is 2.41 bits per heavy atom. The van der Waals surface area contributed by atoms with Gasteiger partial charge in [0.05, 0.1) is 0 Å². The SMILES string of the molecule is CC1(C)C(C(=O)NCc2cccc(OCC(=O)O)c2)C1(C)C. The topological polar surface area (TPSA) is 75.6 Å². The number of rotatable bonds is 6. The van der Waals surface area contributed by atoms with Crippen LogP contribution in [0.3, 0.4) is 0 Å². The zero-order valence-corrected chi connectivity index (χ0v) is 13.5. The van der Waals surface area contributed by atoms with E-state index < -0.39 is 5.97 Å². The second kappa shape index (κ2) is 5.63. The molecular weight excluding hydrogens is 282 g/mol. The number of carbonyl (C=O) groups excluding carboxylic acids is 1. The Hall–Kier alpha value is -2.04. The number of carboxylic acid groups (broad SMARTS) is 1. The summed E-state index contributed by atoms with van der Waals surface area (Å²) in [6.07, 6.45) is 0. The van der Waals surface area contributed by atoms with E-state index in [0.29, 0.717) is 12.3 Å². The van der Waals surface area contributed by atoms with Crippen LogP contribution in [0.5, 0.6) is 5.75 Å². The average molecular weight is 305 g/mol. The Balaban J connectivity index is 1.91. The number of aliphatic carboxylic acids is 1. The number of ether oxygens (including phenoxy) is 1. The molecule has 5 nitrogen and oxygen atoms in total. The minimum Gasteiger partial charge on any atom is -0.482 e. The van der Waals surface area contributed by atoms with E-state index in [0.717, 1.165) is 5.56 Å². The van der Waals surface area contributed by atoms with Crippen LogP contribution < -0.4 is 10.1 Å². The maximum absolute atomic E-state index is 12.3. The van der Waals surface area contributed by atoms with Crippen LogP contribution in [0.1, 0.15) is 33.3 Å². The fraction of sp³-hybridized carbons (Fsp3) is 0.529. The van der Waals surface area contributed by atoms with E-state index >= 15 is 0 Å². The van der Waals surface area contributed by atoms with E-state index in [2.05, 4.69) is 33.0 Å². The van der Waals surface area contributed by atoms with Gasteiger partial charge in [-0.05, 0) is 28.5 Å². The zero-order valence-electron chi connectivity index (χ0n) is 13.5. The lowest BCUT2D eigenvalue weighted by atomic mass is 10.0. The molecule has 0 aliphatic heterocycles. The molecule has 0 spiro atoms. The second-order valence-corrected chi connectivity index (χ2v) is 6.92. The summed E-state index contributed by atoms with van der Waals surface area (Å²) in [4.78, 5) is 22.8. The van der Waals surface area contributed by atoms with Crippen molar-refractivity contribution in [1.29, 1.82) is 0 Å². The molecule has 1 aliphatic rings. The van der Waals surface area contributed by atoms with E-state index in [1.165, 1.54) is 0 Å². The molecule has 1 fully saturated rings. The van der Waals surface area contributed by atoms with E-state index in [9.17, 15) is 9.59 Å². The molecule has 1 aromatic rings. The molecule has 0 unspecified atom stereocenters. The lowest BCUT2D eigenvalue weighted by Crippen LogP contribution is -2.26. The number of nitrogens with one attached hydrogen (secondary N) is 1. The number of amides is 1. The maximum atomic E-state index is 12.3. The first-order chi connectivity index (χ1) is 10.2. The Kier molecular flexibility index (Phi) is 4.18. The number of carbonyl (C=O) groups is 2. The molecule has 120 valence electrons. The molecule has 1 aliphatic carbocycles. The maximum Gasteiger partial charge on any atom is 0.341 e. The van der Waals surface area contributed by atoms with Crippen molar-refractivity contribution in [3.8, 4) is 5.75 Å². The highest BCUT2D eigenvalue weighted by Gasteiger charge is 2.68. The summed E-state index contributed by atoms with van der Waals surface area (Å²) in [5.41, 5.74) is 0.917. The monoisotopic (exact) mass is 305 g/mol. The molecule has 0 aromatic heterocycles. The van der Waals surface area contributed by atoms with Crippen LogP contribution in [0.4, 0.5) is 0 Å². The van der Waals surface area contributed by atoms with E-state index in [1.54, 1.807) is 18.2 Å². The molecule has 2 rings (SSSR count). The van der Waals surface area contributed by atoms with Gasteiger partial charge in [-0.25, -0.2) is 4.79 Å². The van der Waals surface area contributed by atoms with Crippen LogP contribution in [-0.2, 0) is 16.1 Å². The quantitative estimate of drug-likeness (QED) is 0.846. The predicted octanol–water partition coefficient (Wildman–Crippen LogP) is 2.45. The fourth-order valence-electron chi connectivity index (χ4n) is 3.03. The summed E-state index contributed by atoms with van der Waals surface area (Å²) in [5.74, 6) is -0.448. The summed E-state index contributed by atoms with van der Waals surface area (Å²) < 4.78 is 5.13. The van der Waals surface area contributed by atoms with Crippen LogP contribution in [0.2, 0.25) is 0 Å². The predicted molar refractivity (Wildman–Crippen MR) is 82.5 cm³/mol. The molecular formula is C17H23NO4. The number of benzene rings is 1. The summed E-state index contributed by atoms with van der Waals surface area (Å²) in [6, 6.07) is 7.09. The molecule has 0 atom stereocenters. The van der Waals surface area contributed by atoms with E-state index in [-0.39, 0.29) is 29.3 Å². The molecule has 1 aromatic carbocycles. The van der Waals surface area contributed by atoms with Crippen LogP contribution >= 0.6 is 0 Å². The first kappa shape index (κ1) is 16.3. The van der Waals surface area contributed by atoms with Gasteiger partial charge < -0.3 is 15.2 Å². The molecule has 2 N–H and O–H groups in total. The standard InChI is InChI=1S/C17H23NO4/c1-16(2)14(17(16,3)4)15(21)18-9-11-6-5-7-12(8-11)22-10-13(19)20/h5-8,14H,9-10H2,1-4H3,(H,18,21)(H,19,20). The summed E-state index contributed by atoms with van der Waals surface area (Å²) in [6.45, 7) is 8.47. The van der Waals surface area contributed by atoms with Gasteiger partial charge in [0.1, 0.15) is 5.75 Å². The van der Waals surface area contributed by atoms with Gasteiger partial charge >= 0.3 is 5.97 Å². The summed E-state index contributed by atoms with van der Waals surface area (Å²) >= 11 is 0. The largest absolute Gasteiger partial charge is 0.482 e. The lowest BCUT2D eigenvalue weighted by Gasteiger charge is -2.08. The minimum absolute atomic E-state index is 0.0174. The average Bonchev–Trinajstić information content (AvgIpc) is 2.84. The normalized spacial score (nSPS) is 18.5. The summed E-state index contributed by atoms with van der Waals surface area (Å²) in [7, 11) is 0. The third-order valence-corrected chi connectivity index (χ3v) is 5.01. The number of carboxylic acids is 1. The van der Waals surface area contributed by atoms with Crippen molar-refractivity contribution in [3.05, 3.63) is 29.8 Å². The van der Waals surface area contributed by atoms with Crippen LogP contribution in [-0.4, -0.2) is 23.6 Å². The second-order valence-electron chi connectivity index (χ2n) is 6.92. The van der Waals surface area contributed by atoms with Crippen molar-refractivity contribution in [2.75, 3.05) is 6.61 Å². The van der Waals surface area contributed by atoms with Crippen molar-refractivity contribution in [1.82, 2.24) is 5.32 Å². The molecule has 1 amide bonds. The van der Waals surface area contributed by atoms with Crippen LogP contribution in [0.25, 0.3) is 0 Å². The van der Waals surface area contributed by atoms with Crippen molar-refractivity contribution in [2.45, 2.75) is 34.2 Å². The van der Waals surface area contributed by atoms with Crippen molar-refractivity contribution >= 4 is 11.9 Å². The van der Waals surface area contributed by atoms with Crippen LogP contribution in [0.15, 0.2) is 24.3 Å².